The SMILES string of the molecule is CC1=[C-]CC=C1.CC1=[C-]CC=C1.Fc1[c-]cc(F)c(F)c1F.Fc1[c-]cc(F)c(F)c1F.[Ti+4]. The Morgan fingerprint density at radius 2 is 0.909 bits per heavy atom. The van der Waals surface area contributed by atoms with E-state index in [2.05, 4.69) is 50.3 Å². The van der Waals surface area contributed by atoms with Crippen molar-refractivity contribution >= 4 is 0 Å². The van der Waals surface area contributed by atoms with E-state index in [1.54, 1.807) is 12.1 Å². The van der Waals surface area contributed by atoms with Gasteiger partial charge >= 0.3 is 21.7 Å². The van der Waals surface area contributed by atoms with Crippen molar-refractivity contribution in [3.05, 3.63) is 118 Å². The summed E-state index contributed by atoms with van der Waals surface area (Å²) in [5.41, 5.74) is 2.55. The molecule has 0 amide bonds. The van der Waals surface area contributed by atoms with Crippen LogP contribution in [0.5, 0.6) is 0 Å². The molecule has 2 aromatic rings. The van der Waals surface area contributed by atoms with Crippen molar-refractivity contribution in [2.45, 2.75) is 26.7 Å². The molecule has 0 aliphatic heterocycles. The molecule has 2 aliphatic rings. The van der Waals surface area contributed by atoms with E-state index < -0.39 is 46.5 Å². The van der Waals surface area contributed by atoms with Crippen LogP contribution in [0.1, 0.15) is 26.7 Å². The van der Waals surface area contributed by atoms with E-state index >= 15 is 0 Å². The fourth-order valence-electron chi connectivity index (χ4n) is 1.94. The van der Waals surface area contributed by atoms with Crippen LogP contribution < -0.4 is 0 Å². The molecule has 0 aromatic heterocycles. The minimum absolute atomic E-state index is 0. The number of halogens is 8. The number of hydrogen-bond donors (Lipinski definition) is 0. The van der Waals surface area contributed by atoms with Gasteiger partial charge in [0.2, 0.25) is 0 Å². The van der Waals surface area contributed by atoms with Crippen molar-refractivity contribution in [3.8, 4) is 0 Å². The van der Waals surface area contributed by atoms with Gasteiger partial charge in [0.25, 0.3) is 0 Å². The van der Waals surface area contributed by atoms with Gasteiger partial charge in [0, 0.05) is 23.3 Å². The second kappa shape index (κ2) is 15.4. The topological polar surface area (TPSA) is 0 Å². The van der Waals surface area contributed by atoms with Crippen molar-refractivity contribution in [1.82, 2.24) is 0 Å². The maximum Gasteiger partial charge on any atom is 4.00 e. The number of hydrogen-bond acceptors (Lipinski definition) is 0. The summed E-state index contributed by atoms with van der Waals surface area (Å²) in [4.78, 5) is 0. The monoisotopic (exact) mass is 504 g/mol. The fourth-order valence-corrected chi connectivity index (χ4v) is 1.94. The van der Waals surface area contributed by atoms with E-state index in [1.165, 1.54) is 11.1 Å². The van der Waals surface area contributed by atoms with Gasteiger partial charge in [-0.2, -0.15) is 12.2 Å². The molecule has 0 fully saturated rings. The van der Waals surface area contributed by atoms with Gasteiger partial charge in [-0.1, -0.05) is 13.8 Å². The first-order chi connectivity index (χ1) is 15.0. The van der Waals surface area contributed by atoms with E-state index in [0.29, 0.717) is 12.1 Å². The quantitative estimate of drug-likeness (QED) is 0.115. The van der Waals surface area contributed by atoms with Crippen LogP contribution in [0.15, 0.2) is 47.6 Å². The van der Waals surface area contributed by atoms with Gasteiger partial charge in [0.05, 0.1) is 23.3 Å². The zero-order valence-corrected chi connectivity index (χ0v) is 19.0. The summed E-state index contributed by atoms with van der Waals surface area (Å²) in [6.45, 7) is 4.12. The molecular formula is C24H16F8Ti. The maximum atomic E-state index is 12.0. The summed E-state index contributed by atoms with van der Waals surface area (Å²) in [5.74, 6) is -13.2. The maximum absolute atomic E-state index is 12.0. The van der Waals surface area contributed by atoms with Gasteiger partial charge in [0.15, 0.2) is 0 Å². The molecule has 4 rings (SSSR count). The van der Waals surface area contributed by atoms with Crippen LogP contribution in [-0.4, -0.2) is 0 Å². The third-order valence-electron chi connectivity index (χ3n) is 3.57. The molecule has 0 spiro atoms. The third kappa shape index (κ3) is 10.8. The molecule has 0 saturated heterocycles. The van der Waals surface area contributed by atoms with Crippen molar-refractivity contribution in [1.29, 1.82) is 0 Å². The molecule has 172 valence electrons. The van der Waals surface area contributed by atoms with E-state index in [-0.39, 0.29) is 21.7 Å². The van der Waals surface area contributed by atoms with Gasteiger partial charge in [-0.15, -0.1) is 37.1 Å². The third-order valence-corrected chi connectivity index (χ3v) is 3.57. The largest absolute Gasteiger partial charge is 4.00 e. The number of benzene rings is 2. The molecule has 33 heavy (non-hydrogen) atoms. The van der Waals surface area contributed by atoms with E-state index in [1.807, 2.05) is 0 Å². The molecule has 0 unspecified atom stereocenters. The smallest absolute Gasteiger partial charge is 0.281 e. The first kappa shape index (κ1) is 30.6. The van der Waals surface area contributed by atoms with Gasteiger partial charge < -0.3 is 0 Å². The normalized spacial score (nSPS) is 12.8. The average Bonchev–Trinajstić information content (AvgIpc) is 3.45. The zero-order valence-electron chi connectivity index (χ0n) is 17.4. The molecule has 0 radical (unpaired) electrons. The Bertz CT molecular complexity index is 896. The van der Waals surface area contributed by atoms with Crippen LogP contribution in [0, 0.1) is 70.8 Å². The predicted octanol–water partition coefficient (Wildman–Crippen LogP) is 7.48. The summed E-state index contributed by atoms with van der Waals surface area (Å²) < 4.78 is 95.6. The predicted molar refractivity (Wildman–Crippen MR) is 103 cm³/mol. The van der Waals surface area contributed by atoms with Crippen molar-refractivity contribution < 1.29 is 56.8 Å². The van der Waals surface area contributed by atoms with Crippen LogP contribution >= 0.6 is 0 Å². The van der Waals surface area contributed by atoms with E-state index in [4.69, 9.17) is 0 Å². The van der Waals surface area contributed by atoms with Crippen LogP contribution in [0.4, 0.5) is 35.1 Å². The van der Waals surface area contributed by atoms with Crippen molar-refractivity contribution in [3.63, 3.8) is 0 Å². The molecule has 0 saturated carbocycles. The molecule has 0 nitrogen and oxygen atoms in total. The molecule has 0 bridgehead atoms. The van der Waals surface area contributed by atoms with Crippen molar-refractivity contribution in [2.75, 3.05) is 0 Å². The molecular weight excluding hydrogens is 488 g/mol. The Morgan fingerprint density at radius 1 is 0.576 bits per heavy atom. The van der Waals surface area contributed by atoms with Gasteiger partial charge in [0.1, 0.15) is 0 Å². The zero-order chi connectivity index (χ0) is 24.3. The molecule has 9 heteroatoms. The van der Waals surface area contributed by atoms with Crippen LogP contribution in [0.2, 0.25) is 0 Å². The van der Waals surface area contributed by atoms with Gasteiger partial charge in [-0.25, -0.2) is 40.9 Å². The summed E-state index contributed by atoms with van der Waals surface area (Å²) >= 11 is 0. The minimum Gasteiger partial charge on any atom is -0.281 e. The second-order valence-corrected chi connectivity index (χ2v) is 6.09. The van der Waals surface area contributed by atoms with Gasteiger partial charge in [-0.05, 0) is 0 Å². The Morgan fingerprint density at radius 3 is 1.09 bits per heavy atom. The first-order valence-corrected chi connectivity index (χ1v) is 8.93. The standard InChI is InChI=1S/2C6HF4.2C6H7.Ti/c2*7-3-1-2-4(8)6(10)5(3)9;2*1-6-4-2-3-5-6;/h2*1H;2*2,4H,3H2,1H3;/q4*-1;+4. The molecule has 0 heterocycles. The second-order valence-electron chi connectivity index (χ2n) is 6.09. The molecule has 2 aromatic carbocycles. The Labute approximate surface area is 201 Å². The average molecular weight is 504 g/mol. The number of rotatable bonds is 0. The fraction of sp³-hybridized carbons (Fsp3) is 0.167. The van der Waals surface area contributed by atoms with Crippen LogP contribution in [0.25, 0.3) is 0 Å². The van der Waals surface area contributed by atoms with Gasteiger partial charge in [-0.3, -0.25) is 29.7 Å². The van der Waals surface area contributed by atoms with E-state index in [0.717, 1.165) is 12.8 Å². The Balaban J connectivity index is 0.000000420. The van der Waals surface area contributed by atoms with Crippen molar-refractivity contribution in [2.24, 2.45) is 0 Å². The van der Waals surface area contributed by atoms with Crippen LogP contribution in [-0.2, 0) is 21.7 Å². The molecule has 0 atom stereocenters. The summed E-state index contributed by atoms with van der Waals surface area (Å²) in [6.07, 6.45) is 16.7. The first-order valence-electron chi connectivity index (χ1n) is 8.93. The number of allylic oxidation sites excluding steroid dienone is 8. The Hall–Kier alpha value is -2.45. The Kier molecular flexibility index (Phi) is 14.3. The van der Waals surface area contributed by atoms with Crippen LogP contribution in [0.3, 0.4) is 0 Å². The molecule has 0 N–H and O–H groups in total. The summed E-state index contributed by atoms with van der Waals surface area (Å²) in [6, 6.07) is 3.90. The van der Waals surface area contributed by atoms with E-state index in [9.17, 15) is 35.1 Å². The summed E-state index contributed by atoms with van der Waals surface area (Å²) in [7, 11) is 0. The summed E-state index contributed by atoms with van der Waals surface area (Å²) in [5, 5.41) is 0. The minimum atomic E-state index is -1.83. The molecule has 2 aliphatic carbocycles.